The molecule has 1 N–H and O–H groups in total. The molecule has 0 radical (unpaired) electrons. The zero-order chi connectivity index (χ0) is 10.9. The molecule has 86 valence electrons. The lowest BCUT2D eigenvalue weighted by molar-refractivity contribution is 0.298. The second-order valence-corrected chi connectivity index (χ2v) is 4.50. The van der Waals surface area contributed by atoms with Gasteiger partial charge in [0.2, 0.25) is 0 Å². The molecule has 0 saturated carbocycles. The summed E-state index contributed by atoms with van der Waals surface area (Å²) in [4.78, 5) is 7.82. The van der Waals surface area contributed by atoms with Crippen LogP contribution in [0.2, 0.25) is 0 Å². The molecule has 0 spiro atoms. The highest BCUT2D eigenvalue weighted by Crippen LogP contribution is 2.03. The number of aromatic nitrogens is 1. The molecule has 0 fully saturated rings. The fourth-order valence-corrected chi connectivity index (χ4v) is 2.07. The summed E-state index contributed by atoms with van der Waals surface area (Å²) in [7, 11) is 0. The average Bonchev–Trinajstić information content (AvgIpc) is 2.76. The number of hydrogen-bond acceptors (Lipinski definition) is 4. The van der Waals surface area contributed by atoms with Gasteiger partial charge in [-0.2, -0.15) is 0 Å². The van der Waals surface area contributed by atoms with E-state index in [0.29, 0.717) is 0 Å². The molecule has 0 aromatic carbocycles. The van der Waals surface area contributed by atoms with Gasteiger partial charge in [0.1, 0.15) is 0 Å². The largest absolute Gasteiger partial charge is 0.312 e. The summed E-state index contributed by atoms with van der Waals surface area (Å²) < 4.78 is 0. The summed E-state index contributed by atoms with van der Waals surface area (Å²) in [6.07, 6.45) is 3.16. The van der Waals surface area contributed by atoms with Crippen LogP contribution >= 0.6 is 11.3 Å². The number of hydrogen-bond donors (Lipinski definition) is 1. The first-order chi connectivity index (χ1) is 7.36. The lowest BCUT2D eigenvalue weighted by Gasteiger charge is -2.17. The minimum Gasteiger partial charge on any atom is -0.312 e. The molecular weight excluding hydrogens is 206 g/mol. The van der Waals surface area contributed by atoms with Crippen LogP contribution < -0.4 is 5.32 Å². The number of rotatable bonds is 8. The molecule has 0 amide bonds. The van der Waals surface area contributed by atoms with Gasteiger partial charge in [0.05, 0.1) is 5.51 Å². The SMILES string of the molecule is CCN(CC)CCCNCc1cncs1. The molecule has 0 saturated heterocycles. The zero-order valence-electron chi connectivity index (χ0n) is 9.70. The third-order valence-electron chi connectivity index (χ3n) is 2.51. The fraction of sp³-hybridized carbons (Fsp3) is 0.727. The van der Waals surface area contributed by atoms with Crippen molar-refractivity contribution in [3.05, 3.63) is 16.6 Å². The van der Waals surface area contributed by atoms with Crippen LogP contribution in [-0.2, 0) is 6.54 Å². The quantitative estimate of drug-likeness (QED) is 0.688. The van der Waals surface area contributed by atoms with Crippen LogP contribution in [0.5, 0.6) is 0 Å². The first-order valence-electron chi connectivity index (χ1n) is 5.67. The molecule has 4 heteroatoms. The van der Waals surface area contributed by atoms with Gasteiger partial charge >= 0.3 is 0 Å². The lowest BCUT2D eigenvalue weighted by Crippen LogP contribution is -2.27. The first-order valence-corrected chi connectivity index (χ1v) is 6.55. The lowest BCUT2D eigenvalue weighted by atomic mass is 10.3. The third kappa shape index (κ3) is 5.25. The van der Waals surface area contributed by atoms with Crippen molar-refractivity contribution in [2.24, 2.45) is 0 Å². The Morgan fingerprint density at radius 2 is 2.20 bits per heavy atom. The van der Waals surface area contributed by atoms with E-state index in [4.69, 9.17) is 0 Å². The molecule has 3 nitrogen and oxygen atoms in total. The van der Waals surface area contributed by atoms with Gasteiger partial charge < -0.3 is 10.2 Å². The maximum Gasteiger partial charge on any atom is 0.0794 e. The van der Waals surface area contributed by atoms with Crippen molar-refractivity contribution in [1.29, 1.82) is 0 Å². The molecular formula is C11H21N3S. The normalized spacial score (nSPS) is 11.1. The first kappa shape index (κ1) is 12.6. The Kier molecular flexibility index (Phi) is 6.55. The molecule has 1 aromatic heterocycles. The predicted molar refractivity (Wildman–Crippen MR) is 66.2 cm³/mol. The van der Waals surface area contributed by atoms with Gasteiger partial charge in [-0.3, -0.25) is 4.98 Å². The Morgan fingerprint density at radius 1 is 1.40 bits per heavy atom. The van der Waals surface area contributed by atoms with E-state index in [9.17, 15) is 0 Å². The van der Waals surface area contributed by atoms with Gasteiger partial charge in [-0.1, -0.05) is 13.8 Å². The Balaban J connectivity index is 1.97. The van der Waals surface area contributed by atoms with E-state index >= 15 is 0 Å². The second-order valence-electron chi connectivity index (χ2n) is 3.52. The van der Waals surface area contributed by atoms with E-state index in [0.717, 1.165) is 26.2 Å². The summed E-state index contributed by atoms with van der Waals surface area (Å²) >= 11 is 1.71. The average molecular weight is 227 g/mol. The van der Waals surface area contributed by atoms with Crippen LogP contribution in [-0.4, -0.2) is 36.1 Å². The molecule has 15 heavy (non-hydrogen) atoms. The van der Waals surface area contributed by atoms with Crippen LogP contribution in [0.15, 0.2) is 11.7 Å². The highest BCUT2D eigenvalue weighted by atomic mass is 32.1. The van der Waals surface area contributed by atoms with Crippen LogP contribution in [0.3, 0.4) is 0 Å². The minimum absolute atomic E-state index is 0.961. The summed E-state index contributed by atoms with van der Waals surface area (Å²) in [5.74, 6) is 0. The molecule has 0 aliphatic rings. The van der Waals surface area contributed by atoms with Gasteiger partial charge in [-0.05, 0) is 32.6 Å². The predicted octanol–water partition coefficient (Wildman–Crippen LogP) is 1.96. The molecule has 1 aromatic rings. The Hall–Kier alpha value is -0.450. The van der Waals surface area contributed by atoms with Crippen molar-refractivity contribution in [1.82, 2.24) is 15.2 Å². The number of thiazole rings is 1. The molecule has 0 atom stereocenters. The maximum atomic E-state index is 4.05. The monoisotopic (exact) mass is 227 g/mol. The fourth-order valence-electron chi connectivity index (χ4n) is 1.51. The van der Waals surface area contributed by atoms with Crippen molar-refractivity contribution in [2.75, 3.05) is 26.2 Å². The molecule has 0 aliphatic carbocycles. The smallest absolute Gasteiger partial charge is 0.0794 e. The Labute approximate surface area is 96.5 Å². The van der Waals surface area contributed by atoms with Crippen molar-refractivity contribution in [3.63, 3.8) is 0 Å². The van der Waals surface area contributed by atoms with Crippen molar-refractivity contribution in [2.45, 2.75) is 26.8 Å². The molecule has 1 heterocycles. The van der Waals surface area contributed by atoms with E-state index in [2.05, 4.69) is 29.0 Å². The van der Waals surface area contributed by atoms with Crippen molar-refractivity contribution >= 4 is 11.3 Å². The van der Waals surface area contributed by atoms with Crippen molar-refractivity contribution < 1.29 is 0 Å². The van der Waals surface area contributed by atoms with Crippen LogP contribution in [0.4, 0.5) is 0 Å². The van der Waals surface area contributed by atoms with Crippen molar-refractivity contribution in [3.8, 4) is 0 Å². The highest BCUT2D eigenvalue weighted by Gasteiger charge is 1.98. The zero-order valence-corrected chi connectivity index (χ0v) is 10.5. The second kappa shape index (κ2) is 7.79. The van der Waals surface area contributed by atoms with Gasteiger partial charge in [0.25, 0.3) is 0 Å². The van der Waals surface area contributed by atoms with Gasteiger partial charge in [-0.15, -0.1) is 11.3 Å². The number of nitrogens with zero attached hydrogens (tertiary/aromatic N) is 2. The van der Waals surface area contributed by atoms with E-state index < -0.39 is 0 Å². The van der Waals surface area contributed by atoms with Crippen LogP contribution in [0.1, 0.15) is 25.1 Å². The maximum absolute atomic E-state index is 4.05. The van der Waals surface area contributed by atoms with E-state index in [-0.39, 0.29) is 0 Å². The van der Waals surface area contributed by atoms with Gasteiger partial charge in [0, 0.05) is 17.6 Å². The van der Waals surface area contributed by atoms with Gasteiger partial charge in [0.15, 0.2) is 0 Å². The standard InChI is InChI=1S/C11H21N3S/c1-3-14(4-2)7-5-6-12-8-11-9-13-10-15-11/h9-10,12H,3-8H2,1-2H3. The van der Waals surface area contributed by atoms with E-state index in [1.807, 2.05) is 11.7 Å². The topological polar surface area (TPSA) is 28.2 Å². The minimum atomic E-state index is 0.961. The molecule has 0 bridgehead atoms. The number of nitrogens with one attached hydrogen (secondary N) is 1. The highest BCUT2D eigenvalue weighted by molar-refractivity contribution is 7.09. The Bertz CT molecular complexity index is 232. The molecule has 0 aliphatic heterocycles. The van der Waals surface area contributed by atoms with Crippen LogP contribution in [0.25, 0.3) is 0 Å². The summed E-state index contributed by atoms with van der Waals surface area (Å²) in [5, 5.41) is 3.44. The Morgan fingerprint density at radius 3 is 2.80 bits per heavy atom. The summed E-state index contributed by atoms with van der Waals surface area (Å²) in [6, 6.07) is 0. The summed E-state index contributed by atoms with van der Waals surface area (Å²) in [6.45, 7) is 10.00. The molecule has 1 rings (SSSR count). The molecule has 0 unspecified atom stereocenters. The summed E-state index contributed by atoms with van der Waals surface area (Å²) in [5.41, 5.74) is 1.88. The third-order valence-corrected chi connectivity index (χ3v) is 3.28. The van der Waals surface area contributed by atoms with E-state index in [1.165, 1.54) is 17.8 Å². The van der Waals surface area contributed by atoms with E-state index in [1.54, 1.807) is 11.3 Å². The van der Waals surface area contributed by atoms with Gasteiger partial charge in [-0.25, -0.2) is 0 Å². The van der Waals surface area contributed by atoms with Crippen LogP contribution in [0, 0.1) is 0 Å².